The summed E-state index contributed by atoms with van der Waals surface area (Å²) in [5.74, 6) is 1.58. The highest BCUT2D eigenvalue weighted by molar-refractivity contribution is 7.26. The molecule has 0 spiro atoms. The quantitative estimate of drug-likeness (QED) is 0.129. The van der Waals surface area contributed by atoms with E-state index in [-0.39, 0.29) is 0 Å². The van der Waals surface area contributed by atoms with Gasteiger partial charge in [0.2, 0.25) is 0 Å². The Kier molecular flexibility index (Phi) is 9.41. The van der Waals surface area contributed by atoms with Crippen molar-refractivity contribution in [1.82, 2.24) is 19.5 Å². The Morgan fingerprint density at radius 1 is 0.556 bits per heavy atom. The molecule has 63 heavy (non-hydrogen) atoms. The van der Waals surface area contributed by atoms with Crippen LogP contribution in [0.5, 0.6) is 0 Å². The molecule has 6 heteroatoms. The standard InChI is InChI=1S/C57H38N4OS/c1-4-19-38(5-2)45(34-36(3)55-58-56(39-22-11-7-12-23-39)60-57(59-55)40-24-13-8-14-25-40)48(35-37-20-9-6-10-21-37)61-46-28-17-15-26-43(46)51-47(61)32-30-41-42-31-33-50-52(54(42)62-53(41)51)44-27-16-18-29-49(44)63-50/h4-35H,1-3H2/b38-19+,45-34-,48-35-. The Bertz CT molecular complexity index is 3660. The predicted octanol–water partition coefficient (Wildman–Crippen LogP) is 15.5. The Morgan fingerprint density at radius 3 is 1.84 bits per heavy atom. The minimum absolute atomic E-state index is 0.458. The summed E-state index contributed by atoms with van der Waals surface area (Å²) in [6.07, 6.45) is 9.90. The van der Waals surface area contributed by atoms with Crippen LogP contribution in [0, 0.1) is 0 Å². The molecule has 298 valence electrons. The Balaban J connectivity index is 1.19. The van der Waals surface area contributed by atoms with E-state index in [2.05, 4.69) is 134 Å². The first-order valence-corrected chi connectivity index (χ1v) is 21.6. The maximum atomic E-state index is 7.13. The molecule has 0 N–H and O–H groups in total. The van der Waals surface area contributed by atoms with Crippen LogP contribution in [0.1, 0.15) is 11.4 Å². The van der Waals surface area contributed by atoms with Gasteiger partial charge in [0.25, 0.3) is 0 Å². The topological polar surface area (TPSA) is 56.7 Å². The number of nitrogens with zero attached hydrogens (tertiary/aromatic N) is 4. The molecule has 5 nitrogen and oxygen atoms in total. The summed E-state index contributed by atoms with van der Waals surface area (Å²) in [5.41, 5.74) is 9.75. The Morgan fingerprint density at radius 2 is 1.16 bits per heavy atom. The second-order valence-electron chi connectivity index (χ2n) is 15.3. The molecule has 0 atom stereocenters. The molecule has 4 heterocycles. The number of aromatic nitrogens is 4. The third kappa shape index (κ3) is 6.52. The minimum atomic E-state index is 0.458. The molecule has 0 fully saturated rings. The highest BCUT2D eigenvalue weighted by Crippen LogP contribution is 2.46. The molecule has 4 aromatic heterocycles. The molecule has 11 rings (SSSR count). The lowest BCUT2D eigenvalue weighted by Crippen LogP contribution is -2.05. The van der Waals surface area contributed by atoms with Crippen molar-refractivity contribution >= 4 is 92.6 Å². The highest BCUT2D eigenvalue weighted by Gasteiger charge is 2.24. The van der Waals surface area contributed by atoms with Crippen molar-refractivity contribution in [1.29, 1.82) is 0 Å². The van der Waals surface area contributed by atoms with Crippen LogP contribution in [0.2, 0.25) is 0 Å². The summed E-state index contributed by atoms with van der Waals surface area (Å²) < 4.78 is 11.9. The average molecular weight is 827 g/mol. The van der Waals surface area contributed by atoms with Gasteiger partial charge in [-0.1, -0.05) is 165 Å². The molecule has 11 aromatic rings. The van der Waals surface area contributed by atoms with E-state index in [0.29, 0.717) is 23.0 Å². The largest absolute Gasteiger partial charge is 0.455 e. The number of hydrogen-bond acceptors (Lipinski definition) is 5. The molecule has 0 aliphatic rings. The van der Waals surface area contributed by atoms with Gasteiger partial charge in [0.1, 0.15) is 11.2 Å². The molecule has 7 aromatic carbocycles. The van der Waals surface area contributed by atoms with Crippen LogP contribution < -0.4 is 0 Å². The van der Waals surface area contributed by atoms with Crippen LogP contribution in [-0.4, -0.2) is 19.5 Å². The molecule has 0 saturated heterocycles. The predicted molar refractivity (Wildman–Crippen MR) is 267 cm³/mol. The van der Waals surface area contributed by atoms with Gasteiger partial charge < -0.3 is 8.98 Å². The number of thiophene rings is 1. The van der Waals surface area contributed by atoms with E-state index in [1.807, 2.05) is 78.9 Å². The van der Waals surface area contributed by atoms with Crippen LogP contribution in [0.25, 0.3) is 104 Å². The zero-order valence-electron chi connectivity index (χ0n) is 34.2. The van der Waals surface area contributed by atoms with E-state index in [0.717, 1.165) is 82.7 Å². The van der Waals surface area contributed by atoms with Gasteiger partial charge in [0.05, 0.1) is 22.1 Å². The van der Waals surface area contributed by atoms with Gasteiger partial charge >= 0.3 is 0 Å². The number of furan rings is 1. The van der Waals surface area contributed by atoms with E-state index >= 15 is 0 Å². The first-order valence-electron chi connectivity index (χ1n) is 20.8. The van der Waals surface area contributed by atoms with Gasteiger partial charge in [-0.15, -0.1) is 11.3 Å². The molecule has 0 aliphatic heterocycles. The van der Waals surface area contributed by atoms with Crippen LogP contribution in [-0.2, 0) is 0 Å². The fourth-order valence-electron chi connectivity index (χ4n) is 8.67. The molecule has 0 unspecified atom stereocenters. The number of benzene rings is 7. The third-order valence-corrected chi connectivity index (χ3v) is 12.7. The number of allylic oxidation sites excluding steroid dienone is 8. The lowest BCUT2D eigenvalue weighted by molar-refractivity contribution is 0.677. The molecule has 0 aliphatic carbocycles. The van der Waals surface area contributed by atoms with E-state index in [9.17, 15) is 0 Å². The van der Waals surface area contributed by atoms with Crippen molar-refractivity contribution in [2.45, 2.75) is 0 Å². The van der Waals surface area contributed by atoms with Crippen LogP contribution >= 0.6 is 11.3 Å². The van der Waals surface area contributed by atoms with Crippen LogP contribution in [0.4, 0.5) is 0 Å². The summed E-state index contributed by atoms with van der Waals surface area (Å²) in [6.45, 7) is 13.1. The van der Waals surface area contributed by atoms with Crippen molar-refractivity contribution in [2.24, 2.45) is 0 Å². The fourth-order valence-corrected chi connectivity index (χ4v) is 9.78. The first-order chi connectivity index (χ1) is 31.1. The smallest absolute Gasteiger partial charge is 0.164 e. The van der Waals surface area contributed by atoms with Crippen molar-refractivity contribution in [3.8, 4) is 22.8 Å². The van der Waals surface area contributed by atoms with E-state index < -0.39 is 0 Å². The van der Waals surface area contributed by atoms with Gasteiger partial charge in [-0.3, -0.25) is 0 Å². The zero-order chi connectivity index (χ0) is 42.4. The first kappa shape index (κ1) is 37.8. The van der Waals surface area contributed by atoms with E-state index in [4.69, 9.17) is 19.4 Å². The number of para-hydroxylation sites is 1. The Hall–Kier alpha value is -8.19. The minimum Gasteiger partial charge on any atom is -0.455 e. The molecule has 0 radical (unpaired) electrons. The highest BCUT2D eigenvalue weighted by atomic mass is 32.1. The average Bonchev–Trinajstić information content (AvgIpc) is 4.02. The fraction of sp³-hybridized carbons (Fsp3) is 0. The second kappa shape index (κ2) is 15.7. The maximum absolute atomic E-state index is 7.13. The third-order valence-electron chi connectivity index (χ3n) is 11.5. The van der Waals surface area contributed by atoms with Crippen molar-refractivity contribution in [2.75, 3.05) is 0 Å². The van der Waals surface area contributed by atoms with Gasteiger partial charge in [0, 0.05) is 58.6 Å². The second-order valence-corrected chi connectivity index (χ2v) is 16.4. The molecular weight excluding hydrogens is 789 g/mol. The number of hydrogen-bond donors (Lipinski definition) is 0. The summed E-state index contributed by atoms with van der Waals surface area (Å²) in [5, 5.41) is 6.65. The van der Waals surface area contributed by atoms with Gasteiger partial charge in [-0.25, -0.2) is 15.0 Å². The number of fused-ring (bicyclic) bond motifs is 11. The summed E-state index contributed by atoms with van der Waals surface area (Å²) in [6, 6.07) is 56.3. The molecule has 0 amide bonds. The number of rotatable bonds is 10. The van der Waals surface area contributed by atoms with Crippen molar-refractivity contribution in [3.63, 3.8) is 0 Å². The normalized spacial score (nSPS) is 12.6. The summed E-state index contributed by atoms with van der Waals surface area (Å²) in [7, 11) is 0. The lowest BCUT2D eigenvalue weighted by Gasteiger charge is -2.19. The lowest BCUT2D eigenvalue weighted by atomic mass is 9.97. The van der Waals surface area contributed by atoms with Crippen LogP contribution in [0.15, 0.2) is 223 Å². The van der Waals surface area contributed by atoms with Crippen molar-refractivity contribution < 1.29 is 4.42 Å². The van der Waals surface area contributed by atoms with Gasteiger partial charge in [-0.2, -0.15) is 0 Å². The zero-order valence-corrected chi connectivity index (χ0v) is 35.0. The summed E-state index contributed by atoms with van der Waals surface area (Å²) >= 11 is 1.80. The van der Waals surface area contributed by atoms with Gasteiger partial charge in [0.15, 0.2) is 17.5 Å². The van der Waals surface area contributed by atoms with Crippen molar-refractivity contribution in [3.05, 3.63) is 230 Å². The summed E-state index contributed by atoms with van der Waals surface area (Å²) in [4.78, 5) is 15.0. The molecule has 0 bridgehead atoms. The maximum Gasteiger partial charge on any atom is 0.164 e. The van der Waals surface area contributed by atoms with Gasteiger partial charge in [-0.05, 0) is 59.7 Å². The monoisotopic (exact) mass is 826 g/mol. The van der Waals surface area contributed by atoms with E-state index in [1.165, 1.54) is 14.8 Å². The molecule has 0 saturated carbocycles. The SMILES string of the molecule is C=C/C=C(C=C)/C(=C/C(=C)c1nc(-c2ccccc2)nc(-c2ccccc2)n1)C(=C/c1ccccc1)/n1c2ccccc2c2c3oc4c(ccc5sc6ccccc6c54)c3ccc21. The van der Waals surface area contributed by atoms with Crippen LogP contribution in [0.3, 0.4) is 0 Å². The van der Waals surface area contributed by atoms with E-state index in [1.54, 1.807) is 17.4 Å². The Labute approximate surface area is 368 Å². The molecular formula is C57H38N4OS.